The average molecular weight is 652 g/mol. The van der Waals surface area contributed by atoms with Crippen LogP contribution in [-0.2, 0) is 35.6 Å². The van der Waals surface area contributed by atoms with Crippen molar-refractivity contribution in [3.63, 3.8) is 0 Å². The average Bonchev–Trinajstić information content (AvgIpc) is 2.97. The van der Waals surface area contributed by atoms with Gasteiger partial charge in [-0.1, -0.05) is 97.0 Å². The van der Waals surface area contributed by atoms with E-state index in [1.165, 1.54) is 36.1 Å². The van der Waals surface area contributed by atoms with Crippen LogP contribution in [0.5, 0.6) is 0 Å². The minimum Gasteiger partial charge on any atom is -0.342 e. The Morgan fingerprint density at radius 2 is 1.52 bits per heavy atom. The lowest BCUT2D eigenvalue weighted by Crippen LogP contribution is -2.61. The van der Waals surface area contributed by atoms with E-state index in [9.17, 15) is 22.8 Å². The van der Waals surface area contributed by atoms with Crippen LogP contribution in [0, 0.1) is 22.7 Å². The molecule has 3 N–H and O–H groups in total. The Bertz CT molecular complexity index is 1550. The molecule has 0 aromatic heterocycles. The molecule has 0 aliphatic rings. The van der Waals surface area contributed by atoms with Gasteiger partial charge in [0.05, 0.1) is 29.5 Å². The summed E-state index contributed by atoms with van der Waals surface area (Å²) in [4.78, 5) is 42.3. The van der Waals surface area contributed by atoms with Gasteiger partial charge in [0, 0.05) is 18.0 Å². The van der Waals surface area contributed by atoms with Crippen molar-refractivity contribution in [2.75, 3.05) is 14.1 Å². The molecule has 0 bridgehead atoms. The molecule has 46 heavy (non-hydrogen) atoms. The molecule has 0 fully saturated rings. The Hall–Kier alpha value is -4.01. The Kier molecular flexibility index (Phi) is 12.9. The molecule has 1 unspecified atom stereocenters. The van der Waals surface area contributed by atoms with E-state index in [1.807, 2.05) is 84.9 Å². The first-order chi connectivity index (χ1) is 21.2. The second-order valence-electron chi connectivity index (χ2n) is 13.6. The van der Waals surface area contributed by atoms with Crippen molar-refractivity contribution >= 4 is 27.7 Å². The summed E-state index contributed by atoms with van der Waals surface area (Å²) in [5.41, 5.74) is 0.664. The number of hydrogen-bond donors (Lipinski definition) is 3. The Labute approximate surface area is 274 Å². The molecule has 0 aliphatic carbocycles. The fourth-order valence-corrected chi connectivity index (χ4v) is 6.46. The third-order valence-corrected chi connectivity index (χ3v) is 9.34. The maximum atomic E-state index is 14.1. The number of sulfonamides is 1. The molecule has 250 valence electrons. The second kappa shape index (κ2) is 15.5. The molecule has 0 spiro atoms. The zero-order valence-corrected chi connectivity index (χ0v) is 29.5. The zero-order chi connectivity index (χ0) is 35.0. The van der Waals surface area contributed by atoms with Gasteiger partial charge in [0.1, 0.15) is 6.04 Å². The number of nitriles is 1. The van der Waals surface area contributed by atoms with E-state index in [0.717, 1.165) is 5.56 Å². The van der Waals surface area contributed by atoms with Crippen molar-refractivity contribution in [1.82, 2.24) is 20.3 Å². The quantitative estimate of drug-likeness (QED) is 0.277. The minimum absolute atomic E-state index is 0.123. The summed E-state index contributed by atoms with van der Waals surface area (Å²) in [6, 6.07) is 15.6. The normalized spacial score (nSPS) is 14.5. The summed E-state index contributed by atoms with van der Waals surface area (Å²) in [6.45, 7) is 14.8. The molecule has 0 heterocycles. The fourth-order valence-electron chi connectivity index (χ4n) is 5.31. The lowest BCUT2D eigenvalue weighted by atomic mass is 9.76. The standard InChI is InChI=1S/C35H49N5O5S/c1-23(2)28(20-24(3)31(41)39-46(44,45)22-26-18-16-25(21-36)17-19-26)40(10)33(43)30(34(4,5)6)38-32(42)29(37-9)35(7,8)27-14-12-11-13-15-27/h11-20,23,28-30,37H,22H2,1-10H3,(H,38,42)(H,39,41)/b24-20+/t28-,29-,30?/m1/s1. The van der Waals surface area contributed by atoms with Crippen LogP contribution in [0.1, 0.15) is 72.1 Å². The van der Waals surface area contributed by atoms with E-state index in [0.29, 0.717) is 11.1 Å². The van der Waals surface area contributed by atoms with Crippen molar-refractivity contribution in [1.29, 1.82) is 5.26 Å². The van der Waals surface area contributed by atoms with Gasteiger partial charge in [0.2, 0.25) is 21.8 Å². The third-order valence-electron chi connectivity index (χ3n) is 8.13. The van der Waals surface area contributed by atoms with Crippen molar-refractivity contribution in [2.24, 2.45) is 11.3 Å². The van der Waals surface area contributed by atoms with Crippen molar-refractivity contribution in [3.8, 4) is 6.07 Å². The number of hydrogen-bond acceptors (Lipinski definition) is 7. The first-order valence-corrected chi connectivity index (χ1v) is 16.9. The fraction of sp³-hybridized carbons (Fsp3) is 0.486. The Balaban J connectivity index is 2.28. The number of likely N-dealkylation sites (N-methyl/N-ethyl adjacent to an activating group) is 2. The van der Waals surface area contributed by atoms with Gasteiger partial charge in [0.25, 0.3) is 5.91 Å². The number of carbonyl (C=O) groups excluding carboxylic acids is 3. The van der Waals surface area contributed by atoms with Crippen LogP contribution in [0.25, 0.3) is 0 Å². The lowest BCUT2D eigenvalue weighted by Gasteiger charge is -2.40. The van der Waals surface area contributed by atoms with Gasteiger partial charge in [-0.2, -0.15) is 5.26 Å². The van der Waals surface area contributed by atoms with Crippen molar-refractivity contribution in [2.45, 2.75) is 84.7 Å². The number of rotatable bonds is 13. The summed E-state index contributed by atoms with van der Waals surface area (Å²) in [7, 11) is -0.707. The SMILES string of the molecule is CN[C@H](C(=O)NC(C(=O)N(C)[C@H](/C=C(\C)C(=O)NS(=O)(=O)Cc1ccc(C#N)cc1)C(C)C)C(C)(C)C)C(C)(C)c1ccccc1. The number of amides is 3. The molecule has 2 aromatic rings. The van der Waals surface area contributed by atoms with Gasteiger partial charge in [-0.15, -0.1) is 0 Å². The highest BCUT2D eigenvalue weighted by Gasteiger charge is 2.41. The molecule has 10 nitrogen and oxygen atoms in total. The Morgan fingerprint density at radius 3 is 2.00 bits per heavy atom. The number of nitrogens with zero attached hydrogens (tertiary/aromatic N) is 2. The molecular weight excluding hydrogens is 602 g/mol. The second-order valence-corrected chi connectivity index (χ2v) is 15.4. The predicted octanol–water partition coefficient (Wildman–Crippen LogP) is 4.03. The highest BCUT2D eigenvalue weighted by molar-refractivity contribution is 7.89. The molecule has 0 radical (unpaired) electrons. The summed E-state index contributed by atoms with van der Waals surface area (Å²) in [6.07, 6.45) is 1.57. The number of carbonyl (C=O) groups is 3. The molecular formula is C35H49N5O5S. The van der Waals surface area contributed by atoms with Crippen LogP contribution in [0.15, 0.2) is 66.2 Å². The van der Waals surface area contributed by atoms with Crippen LogP contribution in [0.3, 0.4) is 0 Å². The molecule has 0 aliphatic heterocycles. The summed E-state index contributed by atoms with van der Waals surface area (Å²) in [5.74, 6) is -2.06. The van der Waals surface area contributed by atoms with E-state index < -0.39 is 50.6 Å². The molecule has 3 amide bonds. The van der Waals surface area contributed by atoms with Gasteiger partial charge in [0.15, 0.2) is 0 Å². The Morgan fingerprint density at radius 1 is 0.957 bits per heavy atom. The van der Waals surface area contributed by atoms with Gasteiger partial charge in [-0.05, 0) is 48.6 Å². The highest BCUT2D eigenvalue weighted by atomic mass is 32.2. The molecule has 0 saturated carbocycles. The van der Waals surface area contributed by atoms with E-state index in [-0.39, 0.29) is 23.3 Å². The zero-order valence-electron chi connectivity index (χ0n) is 28.6. The highest BCUT2D eigenvalue weighted by Crippen LogP contribution is 2.29. The summed E-state index contributed by atoms with van der Waals surface area (Å²) >= 11 is 0. The summed E-state index contributed by atoms with van der Waals surface area (Å²) in [5, 5.41) is 15.1. The maximum Gasteiger partial charge on any atom is 0.260 e. The van der Waals surface area contributed by atoms with Gasteiger partial charge in [-0.3, -0.25) is 14.4 Å². The minimum atomic E-state index is -4.04. The van der Waals surface area contributed by atoms with E-state index >= 15 is 0 Å². The topological polar surface area (TPSA) is 148 Å². The van der Waals surface area contributed by atoms with E-state index in [2.05, 4.69) is 15.4 Å². The third kappa shape index (κ3) is 9.99. The van der Waals surface area contributed by atoms with Gasteiger partial charge in [-0.25, -0.2) is 13.1 Å². The van der Waals surface area contributed by atoms with Crippen molar-refractivity contribution in [3.05, 3.63) is 82.9 Å². The summed E-state index contributed by atoms with van der Waals surface area (Å²) < 4.78 is 27.6. The van der Waals surface area contributed by atoms with Gasteiger partial charge >= 0.3 is 0 Å². The number of benzene rings is 2. The maximum absolute atomic E-state index is 14.1. The van der Waals surface area contributed by atoms with Crippen LogP contribution < -0.4 is 15.4 Å². The monoisotopic (exact) mass is 651 g/mol. The largest absolute Gasteiger partial charge is 0.342 e. The van der Waals surface area contributed by atoms with E-state index in [4.69, 9.17) is 5.26 Å². The predicted molar refractivity (Wildman–Crippen MR) is 181 cm³/mol. The van der Waals surface area contributed by atoms with Gasteiger partial charge < -0.3 is 15.5 Å². The van der Waals surface area contributed by atoms with Crippen LogP contribution in [0.2, 0.25) is 0 Å². The number of nitrogens with one attached hydrogen (secondary N) is 3. The van der Waals surface area contributed by atoms with E-state index in [1.54, 1.807) is 20.2 Å². The smallest absolute Gasteiger partial charge is 0.260 e. The van der Waals surface area contributed by atoms with Crippen LogP contribution >= 0.6 is 0 Å². The lowest BCUT2D eigenvalue weighted by molar-refractivity contribution is -0.140. The van der Waals surface area contributed by atoms with Crippen LogP contribution in [-0.4, -0.2) is 63.3 Å². The first kappa shape index (κ1) is 38.2. The van der Waals surface area contributed by atoms with Crippen molar-refractivity contribution < 1.29 is 22.8 Å². The molecule has 11 heteroatoms. The van der Waals surface area contributed by atoms with Crippen LogP contribution in [0.4, 0.5) is 0 Å². The molecule has 2 aromatic carbocycles. The molecule has 3 atom stereocenters. The first-order valence-electron chi connectivity index (χ1n) is 15.3. The molecule has 0 saturated heterocycles. The molecule has 2 rings (SSSR count).